The van der Waals surface area contributed by atoms with Gasteiger partial charge in [-0.2, -0.15) is 5.10 Å². The molecule has 3 rings (SSSR count). The molecule has 0 saturated carbocycles. The molecule has 0 spiro atoms. The number of hydrogen-bond donors (Lipinski definition) is 2. The summed E-state index contributed by atoms with van der Waals surface area (Å²) in [6, 6.07) is 0.796. The summed E-state index contributed by atoms with van der Waals surface area (Å²) >= 11 is 0. The van der Waals surface area contributed by atoms with E-state index < -0.39 is 18.0 Å². The average molecular weight is 336 g/mol. The predicted octanol–water partition coefficient (Wildman–Crippen LogP) is 0.782. The molecule has 0 bridgehead atoms. The van der Waals surface area contributed by atoms with E-state index in [9.17, 15) is 18.4 Å². The number of halogens is 2. The molecule has 1 aliphatic heterocycles. The Morgan fingerprint density at radius 3 is 2.88 bits per heavy atom. The van der Waals surface area contributed by atoms with Crippen LogP contribution in [-0.2, 0) is 0 Å². The van der Waals surface area contributed by atoms with Gasteiger partial charge in [0, 0.05) is 19.3 Å². The minimum Gasteiger partial charge on any atom is -0.350 e. The van der Waals surface area contributed by atoms with Crippen molar-refractivity contribution in [1.82, 2.24) is 30.4 Å². The summed E-state index contributed by atoms with van der Waals surface area (Å²) in [5.41, 5.74) is -0.172. The average Bonchev–Trinajstić information content (AvgIpc) is 3.08. The van der Waals surface area contributed by atoms with Crippen LogP contribution >= 0.6 is 0 Å². The summed E-state index contributed by atoms with van der Waals surface area (Å²) in [4.78, 5) is 32.9. The fourth-order valence-electron chi connectivity index (χ4n) is 2.36. The minimum absolute atomic E-state index is 0.0776. The Morgan fingerprint density at radius 1 is 1.42 bits per heavy atom. The number of amides is 2. The van der Waals surface area contributed by atoms with Crippen LogP contribution in [0.3, 0.4) is 0 Å². The lowest BCUT2D eigenvalue weighted by molar-refractivity contribution is 0.0449. The lowest BCUT2D eigenvalue weighted by atomic mass is 10.0. The maximum absolute atomic E-state index is 12.7. The first-order chi connectivity index (χ1) is 11.6. The minimum atomic E-state index is -2.76. The van der Waals surface area contributed by atoms with Crippen LogP contribution in [0.2, 0.25) is 0 Å². The number of rotatable bonds is 5. The first-order valence-corrected chi connectivity index (χ1v) is 7.24. The molecule has 1 fully saturated rings. The molecule has 3 heterocycles. The van der Waals surface area contributed by atoms with Crippen molar-refractivity contribution in [3.8, 4) is 0 Å². The van der Waals surface area contributed by atoms with Crippen molar-refractivity contribution in [3.63, 3.8) is 0 Å². The first kappa shape index (κ1) is 16.0. The number of alkyl halides is 2. The van der Waals surface area contributed by atoms with Gasteiger partial charge in [0.25, 0.3) is 18.2 Å². The Balaban J connectivity index is 1.60. The van der Waals surface area contributed by atoms with Crippen molar-refractivity contribution in [3.05, 3.63) is 41.7 Å². The zero-order chi connectivity index (χ0) is 17.1. The lowest BCUT2D eigenvalue weighted by Gasteiger charge is -2.40. The predicted molar refractivity (Wildman–Crippen MR) is 77.4 cm³/mol. The van der Waals surface area contributed by atoms with Crippen LogP contribution < -0.4 is 5.32 Å². The van der Waals surface area contributed by atoms with Gasteiger partial charge in [-0.25, -0.2) is 18.7 Å². The number of nitrogens with zero attached hydrogens (tertiary/aromatic N) is 4. The third kappa shape index (κ3) is 3.21. The molecular formula is C14H14F2N6O2. The highest BCUT2D eigenvalue weighted by atomic mass is 19.3. The lowest BCUT2D eigenvalue weighted by Crippen LogP contribution is -2.56. The van der Waals surface area contributed by atoms with E-state index in [4.69, 9.17) is 0 Å². The van der Waals surface area contributed by atoms with Crippen LogP contribution in [0, 0.1) is 0 Å². The molecule has 0 aliphatic carbocycles. The molecule has 0 radical (unpaired) electrons. The van der Waals surface area contributed by atoms with E-state index in [1.807, 2.05) is 0 Å². The maximum Gasteiger partial charge on any atom is 0.280 e. The van der Waals surface area contributed by atoms with Crippen LogP contribution in [0.1, 0.15) is 39.4 Å². The molecule has 8 nitrogen and oxygen atoms in total. The summed E-state index contributed by atoms with van der Waals surface area (Å²) in [6.07, 6.45) is 1.76. The molecule has 1 aliphatic rings. The fourth-order valence-corrected chi connectivity index (χ4v) is 2.36. The summed E-state index contributed by atoms with van der Waals surface area (Å²) in [5, 5.41) is 8.93. The van der Waals surface area contributed by atoms with E-state index in [-0.39, 0.29) is 24.2 Å². The molecule has 10 heteroatoms. The van der Waals surface area contributed by atoms with Gasteiger partial charge in [0.05, 0.1) is 17.8 Å². The fraction of sp³-hybridized carbons (Fsp3) is 0.357. The van der Waals surface area contributed by atoms with E-state index in [0.717, 1.165) is 12.4 Å². The van der Waals surface area contributed by atoms with Gasteiger partial charge >= 0.3 is 0 Å². The van der Waals surface area contributed by atoms with Crippen LogP contribution in [0.5, 0.6) is 0 Å². The molecule has 126 valence electrons. The Morgan fingerprint density at radius 2 is 2.25 bits per heavy atom. The second kappa shape index (κ2) is 6.69. The Bertz CT molecular complexity index is 737. The smallest absolute Gasteiger partial charge is 0.280 e. The van der Waals surface area contributed by atoms with Crippen molar-refractivity contribution in [2.45, 2.75) is 18.9 Å². The number of carbonyl (C=O) groups is 2. The van der Waals surface area contributed by atoms with E-state index >= 15 is 0 Å². The van der Waals surface area contributed by atoms with E-state index in [0.29, 0.717) is 18.5 Å². The van der Waals surface area contributed by atoms with Crippen molar-refractivity contribution in [2.75, 3.05) is 13.1 Å². The largest absolute Gasteiger partial charge is 0.350 e. The van der Waals surface area contributed by atoms with Gasteiger partial charge in [-0.05, 0) is 12.5 Å². The number of H-pyrrole nitrogens is 1. The SMILES string of the molecule is O=C(NCC1CCN1C(=O)c1cc(C(F)F)ncn1)c1cn[nH]c1. The number of carbonyl (C=O) groups excluding carboxylic acids is 2. The molecule has 2 aromatic rings. The molecule has 24 heavy (non-hydrogen) atoms. The monoisotopic (exact) mass is 336 g/mol. The van der Waals surface area contributed by atoms with Crippen molar-refractivity contribution in [1.29, 1.82) is 0 Å². The van der Waals surface area contributed by atoms with Gasteiger partial charge in [-0.3, -0.25) is 14.7 Å². The summed E-state index contributed by atoms with van der Waals surface area (Å²) < 4.78 is 25.3. The Labute approximate surface area is 135 Å². The van der Waals surface area contributed by atoms with Crippen LogP contribution in [-0.4, -0.2) is 56.0 Å². The standard InChI is InChI=1S/C14H14F2N6O2/c15-12(16)10-3-11(19-7-18-10)14(24)22-2-1-9(22)6-17-13(23)8-4-20-21-5-8/h3-5,7,9,12H,1-2,6H2,(H,17,23)(H,20,21). The van der Waals surface area contributed by atoms with Crippen LogP contribution in [0.15, 0.2) is 24.8 Å². The van der Waals surface area contributed by atoms with Gasteiger partial charge in [0.2, 0.25) is 0 Å². The number of hydrogen-bond acceptors (Lipinski definition) is 5. The van der Waals surface area contributed by atoms with Crippen LogP contribution in [0.4, 0.5) is 8.78 Å². The highest BCUT2D eigenvalue weighted by Crippen LogP contribution is 2.21. The van der Waals surface area contributed by atoms with Gasteiger partial charge < -0.3 is 10.2 Å². The second-order valence-electron chi connectivity index (χ2n) is 5.27. The third-order valence-corrected chi connectivity index (χ3v) is 3.79. The van der Waals surface area contributed by atoms with Gasteiger partial charge in [0.15, 0.2) is 0 Å². The number of nitrogens with one attached hydrogen (secondary N) is 2. The normalized spacial score (nSPS) is 16.8. The second-order valence-corrected chi connectivity index (χ2v) is 5.27. The van der Waals surface area contributed by atoms with Crippen molar-refractivity contribution < 1.29 is 18.4 Å². The van der Waals surface area contributed by atoms with Gasteiger partial charge in [-0.15, -0.1) is 0 Å². The molecule has 0 aromatic carbocycles. The van der Waals surface area contributed by atoms with Crippen LogP contribution in [0.25, 0.3) is 0 Å². The number of aromatic nitrogens is 4. The van der Waals surface area contributed by atoms with E-state index in [2.05, 4.69) is 25.5 Å². The van der Waals surface area contributed by atoms with Gasteiger partial charge in [0.1, 0.15) is 17.7 Å². The van der Waals surface area contributed by atoms with E-state index in [1.54, 1.807) is 0 Å². The Kier molecular flexibility index (Phi) is 4.45. The molecule has 1 atom stereocenters. The zero-order valence-corrected chi connectivity index (χ0v) is 12.4. The van der Waals surface area contributed by atoms with Crippen molar-refractivity contribution in [2.24, 2.45) is 0 Å². The molecule has 2 amide bonds. The molecule has 2 aromatic heterocycles. The highest BCUT2D eigenvalue weighted by Gasteiger charge is 2.34. The summed E-state index contributed by atoms with van der Waals surface area (Å²) in [7, 11) is 0. The zero-order valence-electron chi connectivity index (χ0n) is 12.4. The third-order valence-electron chi connectivity index (χ3n) is 3.79. The summed E-state index contributed by atoms with van der Waals surface area (Å²) in [6.45, 7) is 0.752. The molecule has 2 N–H and O–H groups in total. The number of likely N-dealkylation sites (tertiary alicyclic amines) is 1. The highest BCUT2D eigenvalue weighted by molar-refractivity contribution is 5.94. The maximum atomic E-state index is 12.7. The van der Waals surface area contributed by atoms with Crippen molar-refractivity contribution >= 4 is 11.8 Å². The van der Waals surface area contributed by atoms with E-state index in [1.165, 1.54) is 17.3 Å². The molecule has 1 saturated heterocycles. The first-order valence-electron chi connectivity index (χ1n) is 7.24. The topological polar surface area (TPSA) is 104 Å². The quantitative estimate of drug-likeness (QED) is 0.840. The summed E-state index contributed by atoms with van der Waals surface area (Å²) in [5.74, 6) is -0.752. The van der Waals surface area contributed by atoms with Gasteiger partial charge in [-0.1, -0.05) is 0 Å². The number of aromatic amines is 1. The molecular weight excluding hydrogens is 322 g/mol. The molecule has 1 unspecified atom stereocenters. The Hall–Kier alpha value is -2.91.